The molecule has 1 unspecified atom stereocenters. The highest BCUT2D eigenvalue weighted by atomic mass is 35.5. The van der Waals surface area contributed by atoms with E-state index in [0.717, 1.165) is 5.69 Å². The normalized spacial score (nSPS) is 12.7. The SMILES string of the molecule is CCn1nccc1C(C)NC(=O)Cn1nc(C(F)F)c(Cl)c1C. The van der Waals surface area contributed by atoms with Gasteiger partial charge in [-0.05, 0) is 26.8 Å². The smallest absolute Gasteiger partial charge is 0.283 e. The van der Waals surface area contributed by atoms with E-state index in [4.69, 9.17) is 11.6 Å². The number of nitrogens with zero attached hydrogens (tertiary/aromatic N) is 4. The van der Waals surface area contributed by atoms with Gasteiger partial charge in [-0.15, -0.1) is 0 Å². The summed E-state index contributed by atoms with van der Waals surface area (Å²) in [5.74, 6) is -0.343. The van der Waals surface area contributed by atoms with Crippen LogP contribution in [0.3, 0.4) is 0 Å². The zero-order valence-electron chi connectivity index (χ0n) is 13.1. The summed E-state index contributed by atoms with van der Waals surface area (Å²) in [6.07, 6.45) is -1.11. The van der Waals surface area contributed by atoms with E-state index in [0.29, 0.717) is 12.2 Å². The molecule has 0 aromatic carbocycles. The van der Waals surface area contributed by atoms with Crippen LogP contribution in [0.1, 0.15) is 43.4 Å². The van der Waals surface area contributed by atoms with Crippen LogP contribution in [0.5, 0.6) is 0 Å². The van der Waals surface area contributed by atoms with Gasteiger partial charge in [0.1, 0.15) is 12.2 Å². The Morgan fingerprint density at radius 2 is 2.13 bits per heavy atom. The minimum atomic E-state index is -2.77. The zero-order chi connectivity index (χ0) is 17.1. The molecule has 23 heavy (non-hydrogen) atoms. The molecule has 0 saturated carbocycles. The molecule has 1 atom stereocenters. The van der Waals surface area contributed by atoms with Crippen molar-refractivity contribution in [3.63, 3.8) is 0 Å². The van der Waals surface area contributed by atoms with Gasteiger partial charge >= 0.3 is 0 Å². The number of halogens is 3. The Morgan fingerprint density at radius 1 is 1.43 bits per heavy atom. The molecule has 2 aromatic rings. The van der Waals surface area contributed by atoms with E-state index in [9.17, 15) is 13.6 Å². The molecule has 1 N–H and O–H groups in total. The number of nitrogens with one attached hydrogen (secondary N) is 1. The van der Waals surface area contributed by atoms with Crippen LogP contribution in [-0.2, 0) is 17.9 Å². The van der Waals surface area contributed by atoms with Crippen LogP contribution in [0, 0.1) is 6.92 Å². The number of alkyl halides is 2. The molecular formula is C14H18ClF2N5O. The van der Waals surface area contributed by atoms with E-state index >= 15 is 0 Å². The fourth-order valence-electron chi connectivity index (χ4n) is 2.31. The Morgan fingerprint density at radius 3 is 2.70 bits per heavy atom. The molecule has 0 aliphatic rings. The molecule has 0 spiro atoms. The van der Waals surface area contributed by atoms with Crippen molar-refractivity contribution in [2.75, 3.05) is 0 Å². The predicted octanol–water partition coefficient (Wildman–Crippen LogP) is 2.88. The van der Waals surface area contributed by atoms with Crippen LogP contribution < -0.4 is 5.32 Å². The topological polar surface area (TPSA) is 64.7 Å². The Balaban J connectivity index is 2.07. The van der Waals surface area contributed by atoms with Crippen LogP contribution >= 0.6 is 11.6 Å². The van der Waals surface area contributed by atoms with Crippen molar-refractivity contribution in [1.29, 1.82) is 0 Å². The van der Waals surface area contributed by atoms with Crippen LogP contribution in [0.4, 0.5) is 8.78 Å². The first-order valence-electron chi connectivity index (χ1n) is 7.17. The Hall–Kier alpha value is -1.96. The highest BCUT2D eigenvalue weighted by Crippen LogP contribution is 2.28. The van der Waals surface area contributed by atoms with Gasteiger partial charge < -0.3 is 5.32 Å². The molecular weight excluding hydrogens is 328 g/mol. The third-order valence-electron chi connectivity index (χ3n) is 3.53. The summed E-state index contributed by atoms with van der Waals surface area (Å²) in [6, 6.07) is 1.56. The average Bonchev–Trinajstić information content (AvgIpc) is 3.07. The average molecular weight is 346 g/mol. The molecule has 0 aliphatic carbocycles. The third-order valence-corrected chi connectivity index (χ3v) is 4.00. The molecule has 2 rings (SSSR count). The number of hydrogen-bond acceptors (Lipinski definition) is 3. The maximum absolute atomic E-state index is 12.8. The first-order valence-corrected chi connectivity index (χ1v) is 7.55. The lowest BCUT2D eigenvalue weighted by Crippen LogP contribution is -2.31. The highest BCUT2D eigenvalue weighted by molar-refractivity contribution is 6.31. The van der Waals surface area contributed by atoms with Gasteiger partial charge in [0, 0.05) is 12.7 Å². The minimum Gasteiger partial charge on any atom is -0.346 e. The van der Waals surface area contributed by atoms with E-state index in [-0.39, 0.29) is 23.5 Å². The van der Waals surface area contributed by atoms with Crippen LogP contribution in [0.15, 0.2) is 12.3 Å². The molecule has 0 saturated heterocycles. The second-order valence-corrected chi connectivity index (χ2v) is 5.48. The molecule has 1 amide bonds. The van der Waals surface area contributed by atoms with E-state index in [1.165, 1.54) is 4.68 Å². The number of hydrogen-bond donors (Lipinski definition) is 1. The molecule has 6 nitrogen and oxygen atoms in total. The largest absolute Gasteiger partial charge is 0.346 e. The maximum Gasteiger partial charge on any atom is 0.283 e. The zero-order valence-corrected chi connectivity index (χ0v) is 13.8. The Bertz CT molecular complexity index is 697. The van der Waals surface area contributed by atoms with Gasteiger partial charge in [-0.2, -0.15) is 10.2 Å². The monoisotopic (exact) mass is 345 g/mol. The quantitative estimate of drug-likeness (QED) is 0.875. The fourth-order valence-corrected chi connectivity index (χ4v) is 2.53. The fraction of sp³-hybridized carbons (Fsp3) is 0.500. The lowest BCUT2D eigenvalue weighted by atomic mass is 10.2. The van der Waals surface area contributed by atoms with Crippen molar-refractivity contribution >= 4 is 17.5 Å². The predicted molar refractivity (Wildman–Crippen MR) is 81.4 cm³/mol. The van der Waals surface area contributed by atoms with Crippen molar-refractivity contribution in [2.45, 2.75) is 46.3 Å². The van der Waals surface area contributed by atoms with Gasteiger partial charge in [-0.25, -0.2) is 8.78 Å². The summed E-state index contributed by atoms with van der Waals surface area (Å²) in [5, 5.41) is 10.5. The summed E-state index contributed by atoms with van der Waals surface area (Å²) >= 11 is 5.81. The van der Waals surface area contributed by atoms with Gasteiger partial charge in [-0.3, -0.25) is 14.2 Å². The summed E-state index contributed by atoms with van der Waals surface area (Å²) in [5.41, 5.74) is 0.696. The molecule has 0 radical (unpaired) electrons. The van der Waals surface area contributed by atoms with Crippen LogP contribution in [0.2, 0.25) is 5.02 Å². The number of rotatable bonds is 6. The summed E-state index contributed by atoms with van der Waals surface area (Å²) in [4.78, 5) is 12.1. The van der Waals surface area contributed by atoms with E-state index in [2.05, 4.69) is 15.5 Å². The van der Waals surface area contributed by atoms with Crippen LogP contribution in [0.25, 0.3) is 0 Å². The van der Waals surface area contributed by atoms with Crippen molar-refractivity contribution in [3.05, 3.63) is 34.4 Å². The maximum atomic E-state index is 12.8. The van der Waals surface area contributed by atoms with Gasteiger partial charge in [0.15, 0.2) is 0 Å². The lowest BCUT2D eigenvalue weighted by molar-refractivity contribution is -0.122. The number of carbonyl (C=O) groups is 1. The third kappa shape index (κ3) is 3.69. The van der Waals surface area contributed by atoms with Crippen molar-refractivity contribution in [1.82, 2.24) is 24.9 Å². The van der Waals surface area contributed by atoms with E-state index < -0.39 is 12.1 Å². The molecule has 2 aromatic heterocycles. The summed E-state index contributed by atoms with van der Waals surface area (Å²) in [6.45, 7) is 5.84. The van der Waals surface area contributed by atoms with Gasteiger partial charge in [0.05, 0.1) is 22.5 Å². The van der Waals surface area contributed by atoms with E-state index in [1.807, 2.05) is 19.9 Å². The standard InChI is InChI=1S/C14H18ClF2N5O/c1-4-21-10(5-6-18-21)8(2)19-11(23)7-22-9(3)12(15)13(20-22)14(16)17/h5-6,8,14H,4,7H2,1-3H3,(H,19,23). The molecule has 126 valence electrons. The molecule has 0 bridgehead atoms. The Labute approximate surface area is 137 Å². The molecule has 9 heteroatoms. The molecule has 2 heterocycles. The van der Waals surface area contributed by atoms with Gasteiger partial charge in [0.25, 0.3) is 6.43 Å². The highest BCUT2D eigenvalue weighted by Gasteiger charge is 2.22. The van der Waals surface area contributed by atoms with Gasteiger partial charge in [-0.1, -0.05) is 11.6 Å². The van der Waals surface area contributed by atoms with Crippen molar-refractivity contribution in [2.24, 2.45) is 0 Å². The van der Waals surface area contributed by atoms with Crippen molar-refractivity contribution < 1.29 is 13.6 Å². The molecule has 0 fully saturated rings. The minimum absolute atomic E-state index is 0.107. The van der Waals surface area contributed by atoms with Crippen LogP contribution in [-0.4, -0.2) is 25.5 Å². The van der Waals surface area contributed by atoms with Crippen molar-refractivity contribution in [3.8, 4) is 0 Å². The number of amides is 1. The second-order valence-electron chi connectivity index (χ2n) is 5.10. The lowest BCUT2D eigenvalue weighted by Gasteiger charge is -2.15. The first-order chi connectivity index (χ1) is 10.8. The number of aromatic nitrogens is 4. The first kappa shape index (κ1) is 17.4. The summed E-state index contributed by atoms with van der Waals surface area (Å²) < 4.78 is 28.5. The summed E-state index contributed by atoms with van der Waals surface area (Å²) in [7, 11) is 0. The second kappa shape index (κ2) is 7.08. The number of aryl methyl sites for hydroxylation is 1. The van der Waals surface area contributed by atoms with Gasteiger partial charge in [0.2, 0.25) is 5.91 Å². The Kier molecular flexibility index (Phi) is 5.35. The van der Waals surface area contributed by atoms with E-state index in [1.54, 1.807) is 17.8 Å². The molecule has 0 aliphatic heterocycles. The number of carbonyl (C=O) groups excluding carboxylic acids is 1.